The molecule has 0 amide bonds. The first-order valence-corrected chi connectivity index (χ1v) is 7.99. The first kappa shape index (κ1) is 14.3. The van der Waals surface area contributed by atoms with Crippen molar-refractivity contribution in [2.45, 2.75) is 59.0 Å². The van der Waals surface area contributed by atoms with E-state index in [9.17, 15) is 0 Å². The van der Waals surface area contributed by atoms with Gasteiger partial charge >= 0.3 is 0 Å². The molecule has 1 aromatic rings. The van der Waals surface area contributed by atoms with Crippen molar-refractivity contribution in [3.05, 3.63) is 21.9 Å². The average Bonchev–Trinajstić information content (AvgIpc) is 2.82. The topological polar surface area (TPSA) is 36.8 Å². The molecule has 1 N–H and O–H groups in total. The summed E-state index contributed by atoms with van der Waals surface area (Å²) in [6, 6.07) is 4.42. The van der Waals surface area contributed by atoms with Crippen LogP contribution in [0.3, 0.4) is 0 Å². The summed E-state index contributed by atoms with van der Waals surface area (Å²) < 4.78 is 0. The summed E-state index contributed by atoms with van der Waals surface area (Å²) in [4.78, 5) is 11.6. The van der Waals surface area contributed by atoms with Gasteiger partial charge in [-0.15, -0.1) is 11.3 Å². The smallest absolute Gasteiger partial charge is 0.146 e. The van der Waals surface area contributed by atoms with Crippen LogP contribution in [-0.2, 0) is 6.42 Å². The van der Waals surface area contributed by atoms with E-state index in [1.54, 1.807) is 0 Å². The van der Waals surface area contributed by atoms with Crippen LogP contribution in [0, 0.1) is 0 Å². The molecule has 1 aromatic heterocycles. The second-order valence-electron chi connectivity index (χ2n) is 5.03. The van der Waals surface area contributed by atoms with Crippen molar-refractivity contribution in [3.63, 3.8) is 0 Å². The van der Waals surface area contributed by atoms with Crippen LogP contribution in [-0.4, -0.2) is 17.8 Å². The van der Waals surface area contributed by atoms with E-state index in [-0.39, 0.29) is 6.17 Å². The van der Waals surface area contributed by atoms with Crippen LogP contribution >= 0.6 is 11.3 Å². The molecule has 0 bridgehead atoms. The predicted octanol–water partition coefficient (Wildman–Crippen LogP) is 3.99. The molecule has 0 aliphatic carbocycles. The molecule has 0 aromatic carbocycles. The minimum Gasteiger partial charge on any atom is -0.328 e. The number of hydrogen-bond donors (Lipinski definition) is 1. The van der Waals surface area contributed by atoms with Gasteiger partial charge < -0.3 is 5.32 Å². The third-order valence-corrected chi connectivity index (χ3v) is 4.32. The Labute approximate surface area is 119 Å². The van der Waals surface area contributed by atoms with Gasteiger partial charge in [0.1, 0.15) is 17.8 Å². The van der Waals surface area contributed by atoms with Crippen molar-refractivity contribution in [2.24, 2.45) is 9.98 Å². The van der Waals surface area contributed by atoms with Gasteiger partial charge in [0.2, 0.25) is 0 Å². The first-order valence-electron chi connectivity index (χ1n) is 7.17. The number of hydrogen-bond acceptors (Lipinski definition) is 4. The lowest BCUT2D eigenvalue weighted by Gasteiger charge is -2.15. The third-order valence-electron chi connectivity index (χ3n) is 3.17. The van der Waals surface area contributed by atoms with Crippen molar-refractivity contribution in [3.8, 4) is 0 Å². The van der Waals surface area contributed by atoms with E-state index < -0.39 is 0 Å². The van der Waals surface area contributed by atoms with Crippen LogP contribution < -0.4 is 5.32 Å². The largest absolute Gasteiger partial charge is 0.328 e. The van der Waals surface area contributed by atoms with E-state index in [4.69, 9.17) is 0 Å². The van der Waals surface area contributed by atoms with Crippen LogP contribution in [0.5, 0.6) is 0 Å². The lowest BCUT2D eigenvalue weighted by atomic mass is 10.1. The summed E-state index contributed by atoms with van der Waals surface area (Å²) in [7, 11) is 0. The predicted molar refractivity (Wildman–Crippen MR) is 84.4 cm³/mol. The molecular formula is C15H23N3S. The average molecular weight is 277 g/mol. The van der Waals surface area contributed by atoms with Crippen molar-refractivity contribution >= 4 is 23.0 Å². The Balaban J connectivity index is 1.94. The van der Waals surface area contributed by atoms with Gasteiger partial charge in [-0.1, -0.05) is 26.2 Å². The van der Waals surface area contributed by atoms with Crippen LogP contribution in [0.4, 0.5) is 0 Å². The summed E-state index contributed by atoms with van der Waals surface area (Å²) in [6.07, 6.45) is 6.51. The number of aliphatic imine (C=N–C) groups is 2. The highest BCUT2D eigenvalue weighted by atomic mass is 32.1. The summed E-state index contributed by atoms with van der Waals surface area (Å²) in [5.74, 6) is 1.93. The molecule has 2 rings (SSSR count). The van der Waals surface area contributed by atoms with Gasteiger partial charge in [-0.05, 0) is 38.8 Å². The van der Waals surface area contributed by atoms with Gasteiger partial charge in [0, 0.05) is 4.88 Å². The SMILES string of the molecule is CCCCCCc1ccc(C2=NC(C)N=C(C)N2)s1. The molecule has 1 aliphatic rings. The van der Waals surface area contributed by atoms with E-state index in [2.05, 4.69) is 34.4 Å². The molecule has 0 radical (unpaired) electrons. The lowest BCUT2D eigenvalue weighted by molar-refractivity contribution is 0.670. The minimum atomic E-state index is 0.0337. The highest BCUT2D eigenvalue weighted by Crippen LogP contribution is 2.20. The van der Waals surface area contributed by atoms with Gasteiger partial charge in [-0.3, -0.25) is 0 Å². The highest BCUT2D eigenvalue weighted by Gasteiger charge is 2.13. The third kappa shape index (κ3) is 4.16. The molecule has 3 nitrogen and oxygen atoms in total. The fourth-order valence-electron chi connectivity index (χ4n) is 2.22. The molecule has 4 heteroatoms. The Hall–Kier alpha value is -1.16. The Morgan fingerprint density at radius 3 is 2.79 bits per heavy atom. The zero-order chi connectivity index (χ0) is 13.7. The molecule has 0 saturated carbocycles. The first-order chi connectivity index (χ1) is 9.19. The molecule has 2 heterocycles. The molecule has 1 unspecified atom stereocenters. The summed E-state index contributed by atoms with van der Waals surface area (Å²) in [5.41, 5.74) is 0. The number of thiophene rings is 1. The van der Waals surface area contributed by atoms with Crippen molar-refractivity contribution in [2.75, 3.05) is 0 Å². The molecular weight excluding hydrogens is 254 g/mol. The van der Waals surface area contributed by atoms with Gasteiger partial charge in [-0.2, -0.15) is 0 Å². The molecule has 0 fully saturated rings. The zero-order valence-corrected chi connectivity index (χ0v) is 12.9. The van der Waals surface area contributed by atoms with Gasteiger partial charge in [0.15, 0.2) is 0 Å². The molecule has 1 aliphatic heterocycles. The Morgan fingerprint density at radius 1 is 1.21 bits per heavy atom. The van der Waals surface area contributed by atoms with Crippen molar-refractivity contribution in [1.29, 1.82) is 0 Å². The normalized spacial score (nSPS) is 18.8. The van der Waals surface area contributed by atoms with E-state index >= 15 is 0 Å². The molecule has 19 heavy (non-hydrogen) atoms. The molecule has 1 atom stereocenters. The summed E-state index contributed by atoms with van der Waals surface area (Å²) >= 11 is 1.85. The van der Waals surface area contributed by atoms with Crippen LogP contribution in [0.2, 0.25) is 0 Å². The monoisotopic (exact) mass is 277 g/mol. The lowest BCUT2D eigenvalue weighted by Crippen LogP contribution is -2.34. The van der Waals surface area contributed by atoms with E-state index in [0.29, 0.717) is 0 Å². The second kappa shape index (κ2) is 6.85. The van der Waals surface area contributed by atoms with E-state index in [0.717, 1.165) is 11.7 Å². The van der Waals surface area contributed by atoms with Gasteiger partial charge in [0.05, 0.1) is 4.88 Å². The van der Waals surface area contributed by atoms with Gasteiger partial charge in [-0.25, -0.2) is 9.98 Å². The van der Waals surface area contributed by atoms with E-state index in [1.165, 1.54) is 41.9 Å². The van der Waals surface area contributed by atoms with Crippen molar-refractivity contribution in [1.82, 2.24) is 5.32 Å². The number of unbranched alkanes of at least 4 members (excludes halogenated alkanes) is 3. The number of nitrogens with one attached hydrogen (secondary N) is 1. The highest BCUT2D eigenvalue weighted by molar-refractivity contribution is 7.14. The Morgan fingerprint density at radius 2 is 2.05 bits per heavy atom. The second-order valence-corrected chi connectivity index (χ2v) is 6.19. The maximum absolute atomic E-state index is 4.55. The Kier molecular flexibility index (Phi) is 5.14. The maximum Gasteiger partial charge on any atom is 0.146 e. The van der Waals surface area contributed by atoms with E-state index in [1.807, 2.05) is 25.2 Å². The molecule has 0 saturated heterocycles. The Bertz CT molecular complexity index is 473. The van der Waals surface area contributed by atoms with Crippen LogP contribution in [0.15, 0.2) is 22.1 Å². The van der Waals surface area contributed by atoms with Gasteiger partial charge in [0.25, 0.3) is 0 Å². The summed E-state index contributed by atoms with van der Waals surface area (Å²) in [6.45, 7) is 6.26. The number of amidine groups is 2. The minimum absolute atomic E-state index is 0.0337. The number of nitrogens with zero attached hydrogens (tertiary/aromatic N) is 2. The fourth-order valence-corrected chi connectivity index (χ4v) is 3.22. The number of rotatable bonds is 6. The zero-order valence-electron chi connectivity index (χ0n) is 12.1. The molecule has 0 spiro atoms. The fraction of sp³-hybridized carbons (Fsp3) is 0.600. The summed E-state index contributed by atoms with van der Waals surface area (Å²) in [5, 5.41) is 3.26. The quantitative estimate of drug-likeness (QED) is 0.784. The van der Waals surface area contributed by atoms with Crippen LogP contribution in [0.1, 0.15) is 56.2 Å². The van der Waals surface area contributed by atoms with Crippen molar-refractivity contribution < 1.29 is 0 Å². The maximum atomic E-state index is 4.55. The van der Waals surface area contributed by atoms with Crippen LogP contribution in [0.25, 0.3) is 0 Å². The molecule has 104 valence electrons. The number of aryl methyl sites for hydroxylation is 1. The standard InChI is InChI=1S/C15H23N3S/c1-4-5-6-7-8-13-9-10-14(19-13)15-17-11(2)16-12(3)18-15/h9-11H,4-8H2,1-3H3,(H,16,17,18).